The number of nitrogens with zero attached hydrogens (tertiary/aromatic N) is 2. The monoisotopic (exact) mass is 223 g/mol. The SMILES string of the molecule is CCCNCc1cc(-c2nccs2)on1. The van der Waals surface area contributed by atoms with Gasteiger partial charge in [-0.3, -0.25) is 0 Å². The Bertz CT molecular complexity index is 396. The van der Waals surface area contributed by atoms with Crippen LogP contribution in [0.3, 0.4) is 0 Å². The van der Waals surface area contributed by atoms with E-state index in [4.69, 9.17) is 4.52 Å². The maximum absolute atomic E-state index is 5.20. The van der Waals surface area contributed by atoms with Crippen LogP contribution in [-0.4, -0.2) is 16.7 Å². The summed E-state index contributed by atoms with van der Waals surface area (Å²) in [6, 6.07) is 1.93. The van der Waals surface area contributed by atoms with Crippen LogP contribution in [0, 0.1) is 0 Å². The summed E-state index contributed by atoms with van der Waals surface area (Å²) >= 11 is 1.55. The third kappa shape index (κ3) is 2.64. The highest BCUT2D eigenvalue weighted by molar-refractivity contribution is 7.13. The van der Waals surface area contributed by atoms with Crippen molar-refractivity contribution in [3.05, 3.63) is 23.3 Å². The smallest absolute Gasteiger partial charge is 0.195 e. The van der Waals surface area contributed by atoms with Crippen LogP contribution in [0.2, 0.25) is 0 Å². The van der Waals surface area contributed by atoms with E-state index in [1.807, 2.05) is 11.4 Å². The minimum absolute atomic E-state index is 0.748. The first-order valence-corrected chi connectivity index (χ1v) is 5.84. The maximum atomic E-state index is 5.20. The van der Waals surface area contributed by atoms with Crippen LogP contribution in [0.1, 0.15) is 19.0 Å². The minimum atomic E-state index is 0.748. The largest absolute Gasteiger partial charge is 0.353 e. The van der Waals surface area contributed by atoms with E-state index in [0.717, 1.165) is 36.0 Å². The van der Waals surface area contributed by atoms with Crippen molar-refractivity contribution in [2.45, 2.75) is 19.9 Å². The van der Waals surface area contributed by atoms with E-state index in [1.165, 1.54) is 0 Å². The Morgan fingerprint density at radius 1 is 1.53 bits per heavy atom. The lowest BCUT2D eigenvalue weighted by molar-refractivity contribution is 0.420. The zero-order chi connectivity index (χ0) is 10.5. The highest BCUT2D eigenvalue weighted by Gasteiger charge is 2.07. The fraction of sp³-hybridized carbons (Fsp3) is 0.400. The summed E-state index contributed by atoms with van der Waals surface area (Å²) in [6.07, 6.45) is 2.88. The van der Waals surface area contributed by atoms with E-state index in [9.17, 15) is 0 Å². The molecule has 1 N–H and O–H groups in total. The van der Waals surface area contributed by atoms with Crippen molar-refractivity contribution in [3.63, 3.8) is 0 Å². The van der Waals surface area contributed by atoms with Crippen molar-refractivity contribution >= 4 is 11.3 Å². The van der Waals surface area contributed by atoms with Gasteiger partial charge in [0.15, 0.2) is 10.8 Å². The van der Waals surface area contributed by atoms with E-state index in [2.05, 4.69) is 22.4 Å². The van der Waals surface area contributed by atoms with Crippen LogP contribution in [0.15, 0.2) is 22.2 Å². The highest BCUT2D eigenvalue weighted by atomic mass is 32.1. The molecule has 0 unspecified atom stereocenters. The fourth-order valence-electron chi connectivity index (χ4n) is 1.23. The highest BCUT2D eigenvalue weighted by Crippen LogP contribution is 2.22. The van der Waals surface area contributed by atoms with Crippen LogP contribution >= 0.6 is 11.3 Å². The first kappa shape index (κ1) is 10.3. The Morgan fingerprint density at radius 2 is 2.47 bits per heavy atom. The van der Waals surface area contributed by atoms with Crippen molar-refractivity contribution in [2.24, 2.45) is 0 Å². The Labute approximate surface area is 92.3 Å². The molecule has 0 radical (unpaired) electrons. The van der Waals surface area contributed by atoms with E-state index in [1.54, 1.807) is 17.5 Å². The van der Waals surface area contributed by atoms with Gasteiger partial charge < -0.3 is 9.84 Å². The van der Waals surface area contributed by atoms with Gasteiger partial charge >= 0.3 is 0 Å². The molecule has 5 heteroatoms. The molecule has 0 fully saturated rings. The second kappa shape index (κ2) is 5.04. The molecule has 0 amide bonds. The zero-order valence-corrected chi connectivity index (χ0v) is 9.38. The molecule has 0 spiro atoms. The standard InChI is InChI=1S/C10H13N3OS/c1-2-3-11-7-8-6-9(14-13-8)10-12-4-5-15-10/h4-6,11H,2-3,7H2,1H3. The van der Waals surface area contributed by atoms with E-state index in [0.29, 0.717) is 0 Å². The van der Waals surface area contributed by atoms with Gasteiger partial charge in [0, 0.05) is 24.2 Å². The average Bonchev–Trinajstić information content (AvgIpc) is 2.87. The molecule has 0 aliphatic heterocycles. The molecule has 15 heavy (non-hydrogen) atoms. The Hall–Kier alpha value is -1.20. The molecule has 0 aliphatic rings. The molecule has 80 valence electrons. The zero-order valence-electron chi connectivity index (χ0n) is 8.56. The van der Waals surface area contributed by atoms with Crippen LogP contribution in [0.5, 0.6) is 0 Å². The fourth-order valence-corrected chi connectivity index (χ4v) is 1.82. The normalized spacial score (nSPS) is 10.7. The summed E-state index contributed by atoms with van der Waals surface area (Å²) in [7, 11) is 0. The maximum Gasteiger partial charge on any atom is 0.195 e. The Morgan fingerprint density at radius 3 is 3.20 bits per heavy atom. The van der Waals surface area contributed by atoms with Gasteiger partial charge in [0.05, 0.1) is 5.69 Å². The summed E-state index contributed by atoms with van der Waals surface area (Å²) in [5, 5.41) is 10.0. The van der Waals surface area contributed by atoms with Gasteiger partial charge in [-0.25, -0.2) is 4.98 Å². The predicted molar refractivity (Wildman–Crippen MR) is 59.6 cm³/mol. The third-order valence-electron chi connectivity index (χ3n) is 1.93. The van der Waals surface area contributed by atoms with Gasteiger partial charge in [-0.15, -0.1) is 11.3 Å². The summed E-state index contributed by atoms with van der Waals surface area (Å²) in [5.74, 6) is 0.748. The number of hydrogen-bond acceptors (Lipinski definition) is 5. The molecule has 0 atom stereocenters. The quantitative estimate of drug-likeness (QED) is 0.790. The van der Waals surface area contributed by atoms with Crippen molar-refractivity contribution in [1.29, 1.82) is 0 Å². The topological polar surface area (TPSA) is 51.0 Å². The number of aromatic nitrogens is 2. The van der Waals surface area contributed by atoms with Crippen LogP contribution < -0.4 is 5.32 Å². The summed E-state index contributed by atoms with van der Waals surface area (Å²) in [6.45, 7) is 3.89. The molecule has 2 rings (SSSR count). The summed E-state index contributed by atoms with van der Waals surface area (Å²) < 4.78 is 5.20. The lowest BCUT2D eigenvalue weighted by Crippen LogP contribution is -2.13. The molecule has 2 heterocycles. The first-order valence-electron chi connectivity index (χ1n) is 4.96. The van der Waals surface area contributed by atoms with Gasteiger partial charge in [0.25, 0.3) is 0 Å². The minimum Gasteiger partial charge on any atom is -0.353 e. The number of hydrogen-bond donors (Lipinski definition) is 1. The van der Waals surface area contributed by atoms with E-state index < -0.39 is 0 Å². The molecule has 2 aromatic rings. The van der Waals surface area contributed by atoms with Crippen LogP contribution in [0.4, 0.5) is 0 Å². The molecule has 0 saturated carbocycles. The number of rotatable bonds is 5. The number of nitrogens with one attached hydrogen (secondary N) is 1. The van der Waals surface area contributed by atoms with Gasteiger partial charge in [0.2, 0.25) is 0 Å². The van der Waals surface area contributed by atoms with Gasteiger partial charge in [0.1, 0.15) is 0 Å². The molecule has 2 aromatic heterocycles. The van der Waals surface area contributed by atoms with E-state index >= 15 is 0 Å². The predicted octanol–water partition coefficient (Wildman–Crippen LogP) is 2.30. The molecule has 0 bridgehead atoms. The van der Waals surface area contributed by atoms with Crippen LogP contribution in [0.25, 0.3) is 10.8 Å². The third-order valence-corrected chi connectivity index (χ3v) is 2.72. The van der Waals surface area contributed by atoms with Crippen molar-refractivity contribution in [2.75, 3.05) is 6.54 Å². The molecular formula is C10H13N3OS. The second-order valence-electron chi connectivity index (χ2n) is 3.20. The molecular weight excluding hydrogens is 210 g/mol. The first-order chi connectivity index (χ1) is 7.40. The van der Waals surface area contributed by atoms with Crippen molar-refractivity contribution in [3.8, 4) is 10.8 Å². The Kier molecular flexibility index (Phi) is 3.47. The van der Waals surface area contributed by atoms with Gasteiger partial charge in [-0.2, -0.15) is 0 Å². The molecule has 0 aliphatic carbocycles. The van der Waals surface area contributed by atoms with Gasteiger partial charge in [-0.05, 0) is 13.0 Å². The second-order valence-corrected chi connectivity index (χ2v) is 4.09. The number of thiazole rings is 1. The Balaban J connectivity index is 1.98. The lowest BCUT2D eigenvalue weighted by atomic mass is 10.3. The average molecular weight is 223 g/mol. The lowest BCUT2D eigenvalue weighted by Gasteiger charge is -1.96. The molecule has 0 saturated heterocycles. The van der Waals surface area contributed by atoms with Crippen molar-refractivity contribution < 1.29 is 4.52 Å². The van der Waals surface area contributed by atoms with Crippen molar-refractivity contribution in [1.82, 2.24) is 15.5 Å². The van der Waals surface area contributed by atoms with Gasteiger partial charge in [-0.1, -0.05) is 12.1 Å². The van der Waals surface area contributed by atoms with E-state index in [-0.39, 0.29) is 0 Å². The summed E-state index contributed by atoms with van der Waals surface area (Å²) in [5.41, 5.74) is 0.925. The summed E-state index contributed by atoms with van der Waals surface area (Å²) in [4.78, 5) is 4.16. The molecule has 4 nitrogen and oxygen atoms in total. The van der Waals surface area contributed by atoms with Crippen LogP contribution in [-0.2, 0) is 6.54 Å². The molecule has 0 aromatic carbocycles.